The monoisotopic (exact) mass is 505 g/mol. The number of carbonyl (C=O) groups excluding carboxylic acids is 1. The highest BCUT2D eigenvalue weighted by Gasteiger charge is 2.17. The van der Waals surface area contributed by atoms with Crippen molar-refractivity contribution in [1.82, 2.24) is 10.3 Å². The highest BCUT2D eigenvalue weighted by molar-refractivity contribution is 7.14. The SMILES string of the molecule is CC(NC(=O)c1ccc(CN(Cc2ccccc2)c2nc(-c3ccccc3Cl)cs2)cc1)C(=O)O. The maximum Gasteiger partial charge on any atom is 0.325 e. The predicted molar refractivity (Wildman–Crippen MR) is 140 cm³/mol. The van der Waals surface area contributed by atoms with Crippen molar-refractivity contribution in [2.24, 2.45) is 0 Å². The number of nitrogens with zero attached hydrogens (tertiary/aromatic N) is 2. The third kappa shape index (κ3) is 6.26. The van der Waals surface area contributed by atoms with Crippen molar-refractivity contribution >= 4 is 39.9 Å². The molecule has 1 atom stereocenters. The van der Waals surface area contributed by atoms with Crippen molar-refractivity contribution in [3.8, 4) is 11.3 Å². The number of carboxylic acids is 1. The number of hydrogen-bond acceptors (Lipinski definition) is 5. The van der Waals surface area contributed by atoms with Crippen LogP contribution in [-0.2, 0) is 17.9 Å². The van der Waals surface area contributed by atoms with Gasteiger partial charge in [0.25, 0.3) is 5.91 Å². The van der Waals surface area contributed by atoms with Crippen LogP contribution in [0.5, 0.6) is 0 Å². The molecule has 2 N–H and O–H groups in total. The lowest BCUT2D eigenvalue weighted by Crippen LogP contribution is -2.38. The summed E-state index contributed by atoms with van der Waals surface area (Å²) in [4.78, 5) is 30.4. The van der Waals surface area contributed by atoms with Gasteiger partial charge in [0.1, 0.15) is 6.04 Å². The van der Waals surface area contributed by atoms with E-state index < -0.39 is 17.9 Å². The molecule has 0 saturated carbocycles. The molecule has 8 heteroatoms. The molecule has 0 aliphatic carbocycles. The van der Waals surface area contributed by atoms with Crippen molar-refractivity contribution in [1.29, 1.82) is 0 Å². The molecule has 1 amide bonds. The molecule has 0 bridgehead atoms. The van der Waals surface area contributed by atoms with Crippen LogP contribution in [0.1, 0.15) is 28.4 Å². The fourth-order valence-corrected chi connectivity index (χ4v) is 4.58. The second-order valence-electron chi connectivity index (χ2n) is 8.07. The summed E-state index contributed by atoms with van der Waals surface area (Å²) in [6.07, 6.45) is 0. The largest absolute Gasteiger partial charge is 0.480 e. The lowest BCUT2D eigenvalue weighted by molar-refractivity contribution is -0.138. The van der Waals surface area contributed by atoms with E-state index >= 15 is 0 Å². The number of anilines is 1. The zero-order valence-corrected chi connectivity index (χ0v) is 20.6. The molecule has 0 spiro atoms. The molecule has 1 unspecified atom stereocenters. The second kappa shape index (κ2) is 11.2. The summed E-state index contributed by atoms with van der Waals surface area (Å²) >= 11 is 7.94. The van der Waals surface area contributed by atoms with Crippen molar-refractivity contribution in [2.75, 3.05) is 4.90 Å². The van der Waals surface area contributed by atoms with Gasteiger partial charge in [0.15, 0.2) is 5.13 Å². The molecule has 4 rings (SSSR count). The highest BCUT2D eigenvalue weighted by atomic mass is 35.5. The Morgan fingerprint density at radius 2 is 1.60 bits per heavy atom. The zero-order valence-electron chi connectivity index (χ0n) is 19.0. The third-order valence-corrected chi connectivity index (χ3v) is 6.67. The van der Waals surface area contributed by atoms with Gasteiger partial charge in [-0.1, -0.05) is 72.3 Å². The first-order valence-corrected chi connectivity index (χ1v) is 12.3. The Hall–Kier alpha value is -3.68. The topological polar surface area (TPSA) is 82.5 Å². The van der Waals surface area contributed by atoms with E-state index in [1.807, 2.05) is 60.0 Å². The number of hydrogen-bond donors (Lipinski definition) is 2. The van der Waals surface area contributed by atoms with Crippen LogP contribution < -0.4 is 10.2 Å². The number of aromatic nitrogens is 1. The number of nitrogens with one attached hydrogen (secondary N) is 1. The number of benzene rings is 3. The fourth-order valence-electron chi connectivity index (χ4n) is 3.52. The smallest absolute Gasteiger partial charge is 0.325 e. The van der Waals surface area contributed by atoms with Gasteiger partial charge in [-0.2, -0.15) is 0 Å². The average Bonchev–Trinajstić information content (AvgIpc) is 3.35. The van der Waals surface area contributed by atoms with Gasteiger partial charge >= 0.3 is 5.97 Å². The quantitative estimate of drug-likeness (QED) is 0.297. The number of thiazole rings is 1. The molecule has 1 aromatic heterocycles. The van der Waals surface area contributed by atoms with E-state index in [0.29, 0.717) is 23.7 Å². The van der Waals surface area contributed by atoms with Crippen LogP contribution in [0, 0.1) is 0 Å². The standard InChI is InChI=1S/C27H24ClN3O3S/c1-18(26(33)34)29-25(32)21-13-11-20(12-14-21)16-31(15-19-7-3-2-4-8-19)27-30-24(17-35-27)22-9-5-6-10-23(22)28/h2-14,17-18H,15-16H2,1H3,(H,29,32)(H,33,34). The van der Waals surface area contributed by atoms with E-state index in [1.165, 1.54) is 6.92 Å². The summed E-state index contributed by atoms with van der Waals surface area (Å²) in [5.74, 6) is -1.50. The Kier molecular flexibility index (Phi) is 7.80. The van der Waals surface area contributed by atoms with Crippen molar-refractivity contribution in [3.05, 3.63) is 106 Å². The minimum atomic E-state index is -1.08. The molecule has 0 aliphatic heterocycles. The second-order valence-corrected chi connectivity index (χ2v) is 9.31. The molecule has 35 heavy (non-hydrogen) atoms. The van der Waals surface area contributed by atoms with Crippen molar-refractivity contribution < 1.29 is 14.7 Å². The number of amides is 1. The molecule has 3 aromatic carbocycles. The molecular formula is C27H24ClN3O3S. The fraction of sp³-hybridized carbons (Fsp3) is 0.148. The van der Waals surface area contributed by atoms with Crippen LogP contribution in [0.25, 0.3) is 11.3 Å². The summed E-state index contributed by atoms with van der Waals surface area (Å²) < 4.78 is 0. The Balaban J connectivity index is 1.56. The van der Waals surface area contributed by atoms with Gasteiger partial charge in [0, 0.05) is 34.6 Å². The first kappa shape index (κ1) is 24.4. The molecule has 0 saturated heterocycles. The number of halogens is 1. The van der Waals surface area contributed by atoms with Gasteiger partial charge in [-0.25, -0.2) is 4.98 Å². The van der Waals surface area contributed by atoms with Gasteiger partial charge < -0.3 is 15.3 Å². The predicted octanol–water partition coefficient (Wildman–Crippen LogP) is 5.87. The van der Waals surface area contributed by atoms with Gasteiger partial charge in [-0.15, -0.1) is 11.3 Å². The average molecular weight is 506 g/mol. The van der Waals surface area contributed by atoms with Gasteiger partial charge in [-0.3, -0.25) is 9.59 Å². The molecular weight excluding hydrogens is 482 g/mol. The zero-order chi connectivity index (χ0) is 24.8. The van der Waals surface area contributed by atoms with Crippen LogP contribution in [0.2, 0.25) is 5.02 Å². The molecule has 0 aliphatic rings. The van der Waals surface area contributed by atoms with E-state index in [0.717, 1.165) is 27.5 Å². The minimum Gasteiger partial charge on any atom is -0.480 e. The first-order chi connectivity index (χ1) is 16.9. The van der Waals surface area contributed by atoms with Gasteiger partial charge in [0.05, 0.1) is 5.69 Å². The van der Waals surface area contributed by atoms with E-state index in [-0.39, 0.29) is 0 Å². The Morgan fingerprint density at radius 3 is 2.26 bits per heavy atom. The molecule has 0 fully saturated rings. The summed E-state index contributed by atoms with van der Waals surface area (Å²) in [6.45, 7) is 2.67. The van der Waals surface area contributed by atoms with E-state index in [9.17, 15) is 9.59 Å². The summed E-state index contributed by atoms with van der Waals surface area (Å²) in [5, 5.41) is 15.0. The van der Waals surface area contributed by atoms with Crippen LogP contribution in [0.3, 0.4) is 0 Å². The maximum atomic E-state index is 12.3. The lowest BCUT2D eigenvalue weighted by Gasteiger charge is -2.22. The van der Waals surface area contributed by atoms with Crippen LogP contribution in [-0.4, -0.2) is 28.0 Å². The Labute approximate surface area is 212 Å². The molecule has 0 radical (unpaired) electrons. The maximum absolute atomic E-state index is 12.3. The van der Waals surface area contributed by atoms with Crippen LogP contribution in [0.15, 0.2) is 84.2 Å². The number of carbonyl (C=O) groups is 2. The van der Waals surface area contributed by atoms with Crippen LogP contribution in [0.4, 0.5) is 5.13 Å². The molecule has 1 heterocycles. The highest BCUT2D eigenvalue weighted by Crippen LogP contribution is 2.33. The normalized spacial score (nSPS) is 11.6. The summed E-state index contributed by atoms with van der Waals surface area (Å²) in [7, 11) is 0. The third-order valence-electron chi connectivity index (χ3n) is 5.44. The molecule has 4 aromatic rings. The number of rotatable bonds is 9. The van der Waals surface area contributed by atoms with Crippen molar-refractivity contribution in [2.45, 2.75) is 26.1 Å². The number of carboxylic acid groups (broad SMARTS) is 1. The van der Waals surface area contributed by atoms with E-state index in [1.54, 1.807) is 23.5 Å². The number of aliphatic carboxylic acids is 1. The Bertz CT molecular complexity index is 1310. The minimum absolute atomic E-state index is 0.409. The van der Waals surface area contributed by atoms with Crippen molar-refractivity contribution in [3.63, 3.8) is 0 Å². The van der Waals surface area contributed by atoms with Crippen LogP contribution >= 0.6 is 22.9 Å². The van der Waals surface area contributed by atoms with E-state index in [2.05, 4.69) is 22.3 Å². The lowest BCUT2D eigenvalue weighted by atomic mass is 10.1. The first-order valence-electron chi connectivity index (χ1n) is 11.0. The van der Waals surface area contributed by atoms with Gasteiger partial charge in [0.2, 0.25) is 0 Å². The molecule has 6 nitrogen and oxygen atoms in total. The van der Waals surface area contributed by atoms with E-state index in [4.69, 9.17) is 21.7 Å². The summed E-state index contributed by atoms with van der Waals surface area (Å²) in [5.41, 5.74) is 4.28. The Morgan fingerprint density at radius 1 is 0.971 bits per heavy atom. The summed E-state index contributed by atoms with van der Waals surface area (Å²) in [6, 6.07) is 24.0. The molecule has 178 valence electrons. The van der Waals surface area contributed by atoms with Gasteiger partial charge in [-0.05, 0) is 36.2 Å².